The summed E-state index contributed by atoms with van der Waals surface area (Å²) in [4.78, 5) is 31.8. The maximum absolute atomic E-state index is 12.5. The average molecular weight is 440 g/mol. The summed E-state index contributed by atoms with van der Waals surface area (Å²) in [5, 5.41) is 0.510. The fraction of sp³-hybridized carbons (Fsp3) is 0.476. The van der Waals surface area contributed by atoms with Crippen LogP contribution < -0.4 is 15.5 Å². The van der Waals surface area contributed by atoms with Gasteiger partial charge in [-0.25, -0.2) is 0 Å². The van der Waals surface area contributed by atoms with E-state index in [1.54, 1.807) is 13.3 Å². The van der Waals surface area contributed by atoms with E-state index in [0.29, 0.717) is 30.4 Å². The molecular formula is C21H27ClNO5P. The molecular weight excluding hydrogens is 413 g/mol. The summed E-state index contributed by atoms with van der Waals surface area (Å²) in [6, 6.07) is 5.29. The highest BCUT2D eigenvalue weighted by molar-refractivity contribution is 7.53. The van der Waals surface area contributed by atoms with Crippen LogP contribution in [-0.4, -0.2) is 34.7 Å². The molecule has 1 aliphatic heterocycles. The van der Waals surface area contributed by atoms with Gasteiger partial charge >= 0.3 is 0 Å². The summed E-state index contributed by atoms with van der Waals surface area (Å²) < 4.78 is 12.9. The Balaban J connectivity index is 2.10. The minimum absolute atomic E-state index is 0.0295. The molecule has 2 heterocycles. The van der Waals surface area contributed by atoms with Crippen molar-refractivity contribution < 1.29 is 19.3 Å². The zero-order chi connectivity index (χ0) is 21.3. The average Bonchev–Trinajstić information content (AvgIpc) is 2.63. The number of methoxy groups -OCH3 is 1. The van der Waals surface area contributed by atoms with Crippen LogP contribution in [0.5, 0.6) is 5.75 Å². The number of fused-ring (bicyclic) bond motifs is 3. The molecule has 0 spiro atoms. The summed E-state index contributed by atoms with van der Waals surface area (Å²) in [5.41, 5.74) is 2.14. The lowest BCUT2D eigenvalue weighted by atomic mass is 9.79. The lowest BCUT2D eigenvalue weighted by Gasteiger charge is -2.39. The van der Waals surface area contributed by atoms with E-state index in [-0.39, 0.29) is 22.2 Å². The van der Waals surface area contributed by atoms with Crippen LogP contribution in [0, 0.1) is 5.41 Å². The number of rotatable bonds is 6. The summed E-state index contributed by atoms with van der Waals surface area (Å²) in [6.07, 6.45) is 3.07. The van der Waals surface area contributed by atoms with Crippen molar-refractivity contribution in [2.45, 2.75) is 39.7 Å². The lowest BCUT2D eigenvalue weighted by Crippen LogP contribution is -2.35. The predicted octanol–water partition coefficient (Wildman–Crippen LogP) is 3.65. The van der Waals surface area contributed by atoms with Gasteiger partial charge in [0, 0.05) is 44.0 Å². The molecule has 3 rings (SSSR count). The van der Waals surface area contributed by atoms with E-state index < -0.39 is 8.38 Å². The maximum Gasteiger partial charge on any atom is 0.205 e. The van der Waals surface area contributed by atoms with Crippen LogP contribution in [0.1, 0.15) is 38.8 Å². The van der Waals surface area contributed by atoms with Crippen LogP contribution >= 0.6 is 20.0 Å². The molecule has 1 aliphatic rings. The Morgan fingerprint density at radius 2 is 1.97 bits per heavy atom. The second-order valence-electron chi connectivity index (χ2n) is 8.33. The van der Waals surface area contributed by atoms with E-state index in [9.17, 15) is 14.6 Å². The topological polar surface area (TPSA) is 80.9 Å². The molecule has 0 bridgehead atoms. The van der Waals surface area contributed by atoms with Gasteiger partial charge in [-0.2, -0.15) is 0 Å². The van der Waals surface area contributed by atoms with Gasteiger partial charge in [0.1, 0.15) is 5.75 Å². The molecule has 158 valence electrons. The van der Waals surface area contributed by atoms with Crippen molar-refractivity contribution in [3.63, 3.8) is 0 Å². The van der Waals surface area contributed by atoms with Gasteiger partial charge in [-0.15, -0.1) is 0 Å². The minimum atomic E-state index is -2.47. The molecule has 29 heavy (non-hydrogen) atoms. The quantitative estimate of drug-likeness (QED) is 0.530. The van der Waals surface area contributed by atoms with Crippen LogP contribution in [-0.2, 0) is 11.2 Å². The van der Waals surface area contributed by atoms with Gasteiger partial charge in [0.05, 0.1) is 22.6 Å². The van der Waals surface area contributed by atoms with Crippen molar-refractivity contribution in [1.29, 1.82) is 0 Å². The zero-order valence-corrected chi connectivity index (χ0v) is 18.8. The summed E-state index contributed by atoms with van der Waals surface area (Å²) in [6.45, 7) is 7.51. The van der Waals surface area contributed by atoms with E-state index in [1.165, 1.54) is 6.07 Å². The van der Waals surface area contributed by atoms with Crippen LogP contribution in [0.4, 0.5) is 0 Å². The third-order valence-electron chi connectivity index (χ3n) is 5.21. The Labute approximate surface area is 177 Å². The molecule has 0 radical (unpaired) electrons. The first-order valence-corrected chi connectivity index (χ1v) is 11.1. The molecule has 1 aromatic heterocycles. The molecule has 0 fully saturated rings. The third kappa shape index (κ3) is 4.68. The number of halogens is 1. The molecule has 1 aromatic carbocycles. The predicted molar refractivity (Wildman–Crippen MR) is 116 cm³/mol. The molecule has 1 atom stereocenters. The van der Waals surface area contributed by atoms with Gasteiger partial charge < -0.3 is 23.8 Å². The Bertz CT molecular complexity index is 951. The van der Waals surface area contributed by atoms with Crippen LogP contribution in [0.25, 0.3) is 11.3 Å². The second kappa shape index (κ2) is 8.75. The molecule has 2 N–H and O–H groups in total. The van der Waals surface area contributed by atoms with Crippen molar-refractivity contribution in [2.75, 3.05) is 20.3 Å². The van der Waals surface area contributed by atoms with Crippen LogP contribution in [0.2, 0.25) is 5.02 Å². The second-order valence-corrected chi connectivity index (χ2v) is 9.79. The van der Waals surface area contributed by atoms with Gasteiger partial charge in [-0.3, -0.25) is 4.79 Å². The molecule has 8 heteroatoms. The SMILES string of the molecule is COCCCOc1cc2c(cc1Cl)-c1cc(=O)c(P(O)O)cn1C(C(C)(C)C)C2. The molecule has 0 aliphatic carbocycles. The highest BCUT2D eigenvalue weighted by Gasteiger charge is 2.34. The first kappa shape index (κ1) is 22.3. The van der Waals surface area contributed by atoms with E-state index in [4.69, 9.17) is 21.1 Å². The number of nitrogens with zero attached hydrogens (tertiary/aromatic N) is 1. The zero-order valence-electron chi connectivity index (χ0n) is 17.1. The summed E-state index contributed by atoms with van der Waals surface area (Å²) >= 11 is 6.47. The number of ether oxygens (including phenoxy) is 2. The van der Waals surface area contributed by atoms with Crippen molar-refractivity contribution in [3.05, 3.63) is 45.2 Å². The van der Waals surface area contributed by atoms with Crippen LogP contribution in [0.15, 0.2) is 29.2 Å². The summed E-state index contributed by atoms with van der Waals surface area (Å²) in [5.74, 6) is 0.621. The fourth-order valence-corrected chi connectivity index (χ4v) is 4.40. The lowest BCUT2D eigenvalue weighted by molar-refractivity contribution is 0.172. The van der Waals surface area contributed by atoms with Gasteiger partial charge in [0.25, 0.3) is 0 Å². The maximum atomic E-state index is 12.5. The van der Waals surface area contributed by atoms with Gasteiger partial charge in [-0.05, 0) is 29.5 Å². The Kier molecular flexibility index (Phi) is 6.71. The van der Waals surface area contributed by atoms with Crippen LogP contribution in [0.3, 0.4) is 0 Å². The molecule has 0 saturated heterocycles. The molecule has 0 saturated carbocycles. The van der Waals surface area contributed by atoms with Crippen molar-refractivity contribution >= 4 is 25.3 Å². The number of hydrogen-bond donors (Lipinski definition) is 2. The summed E-state index contributed by atoms with van der Waals surface area (Å²) in [7, 11) is -0.812. The van der Waals surface area contributed by atoms with Gasteiger partial charge in [0.2, 0.25) is 8.38 Å². The fourth-order valence-electron chi connectivity index (χ4n) is 3.69. The van der Waals surface area contributed by atoms with Crippen molar-refractivity contribution in [2.24, 2.45) is 5.41 Å². The molecule has 1 unspecified atom stereocenters. The molecule has 6 nitrogen and oxygen atoms in total. The van der Waals surface area contributed by atoms with Crippen molar-refractivity contribution in [3.8, 4) is 17.0 Å². The number of benzene rings is 1. The highest BCUT2D eigenvalue weighted by Crippen LogP contribution is 2.45. The Hall–Kier alpha value is -1.43. The first-order valence-electron chi connectivity index (χ1n) is 9.52. The van der Waals surface area contributed by atoms with E-state index in [0.717, 1.165) is 23.2 Å². The van der Waals surface area contributed by atoms with Gasteiger partial charge in [0.15, 0.2) is 5.43 Å². The number of pyridine rings is 1. The Morgan fingerprint density at radius 1 is 1.24 bits per heavy atom. The minimum Gasteiger partial charge on any atom is -0.492 e. The van der Waals surface area contributed by atoms with E-state index in [1.807, 2.05) is 16.7 Å². The van der Waals surface area contributed by atoms with E-state index in [2.05, 4.69) is 20.8 Å². The highest BCUT2D eigenvalue weighted by atomic mass is 35.5. The van der Waals surface area contributed by atoms with Gasteiger partial charge in [-0.1, -0.05) is 32.4 Å². The smallest absolute Gasteiger partial charge is 0.205 e. The number of aromatic nitrogens is 1. The normalized spacial score (nSPS) is 15.9. The number of hydrogen-bond acceptors (Lipinski definition) is 5. The standard InChI is InChI=1S/C21H27ClNO5P/c1-21(2,3)20-9-13-8-18(28-7-5-6-27-4)15(22)10-14(13)16-11-17(24)19(29(25)26)12-23(16)20/h8,10-12,20,25-26H,5-7,9H2,1-4H3. The van der Waals surface area contributed by atoms with Crippen molar-refractivity contribution in [1.82, 2.24) is 4.57 Å². The third-order valence-corrected chi connectivity index (χ3v) is 6.27. The molecule has 2 aromatic rings. The monoisotopic (exact) mass is 439 g/mol. The molecule has 0 amide bonds. The van der Waals surface area contributed by atoms with E-state index >= 15 is 0 Å². The largest absolute Gasteiger partial charge is 0.492 e. The Morgan fingerprint density at radius 3 is 2.59 bits per heavy atom. The first-order chi connectivity index (χ1) is 13.6.